The summed E-state index contributed by atoms with van der Waals surface area (Å²) >= 11 is 6.44. The molecule has 5 rings (SSSR count). The number of amides is 2. The molecular weight excluding hydrogens is 496 g/mol. The Morgan fingerprint density at radius 2 is 1.71 bits per heavy atom. The van der Waals surface area contributed by atoms with E-state index in [0.717, 1.165) is 67.2 Å². The van der Waals surface area contributed by atoms with E-state index in [1.807, 2.05) is 54.8 Å². The fourth-order valence-electron chi connectivity index (χ4n) is 6.79. The number of hydrogen-bond acceptors (Lipinski definition) is 4. The van der Waals surface area contributed by atoms with Crippen molar-refractivity contribution in [3.8, 4) is 0 Å². The topological polar surface area (TPSA) is 56.8 Å². The number of halogens is 1. The average Bonchev–Trinajstić information content (AvgIpc) is 3.61. The van der Waals surface area contributed by atoms with Crippen LogP contribution in [0.15, 0.2) is 30.5 Å². The van der Waals surface area contributed by atoms with E-state index in [9.17, 15) is 9.59 Å². The molecule has 0 bridgehead atoms. The lowest BCUT2D eigenvalue weighted by molar-refractivity contribution is -0.119. The molecule has 1 aliphatic carbocycles. The minimum absolute atomic E-state index is 0.127. The molecule has 204 valence electrons. The molecule has 0 N–H and O–H groups in total. The highest BCUT2D eigenvalue weighted by Crippen LogP contribution is 2.33. The number of fused-ring (bicyclic) bond motifs is 1. The zero-order valence-electron chi connectivity index (χ0n) is 23.1. The summed E-state index contributed by atoms with van der Waals surface area (Å²) < 4.78 is 0. The monoisotopic (exact) mass is 536 g/mol. The summed E-state index contributed by atoms with van der Waals surface area (Å²) in [4.78, 5) is 37.5. The van der Waals surface area contributed by atoms with Gasteiger partial charge in [0.1, 0.15) is 0 Å². The molecule has 6 nitrogen and oxygen atoms in total. The molecule has 2 aromatic rings. The van der Waals surface area contributed by atoms with Gasteiger partial charge in [0.2, 0.25) is 5.91 Å². The maximum Gasteiger partial charge on any atom is 0.255 e. The first-order chi connectivity index (χ1) is 18.3. The van der Waals surface area contributed by atoms with Crippen molar-refractivity contribution >= 4 is 29.1 Å². The van der Waals surface area contributed by atoms with Crippen molar-refractivity contribution in [3.05, 3.63) is 57.9 Å². The van der Waals surface area contributed by atoms with Crippen molar-refractivity contribution < 1.29 is 9.59 Å². The number of nitrogens with zero attached hydrogens (tertiary/aromatic N) is 4. The number of pyridine rings is 1. The van der Waals surface area contributed by atoms with E-state index >= 15 is 0 Å². The third kappa shape index (κ3) is 5.91. The van der Waals surface area contributed by atoms with Crippen LogP contribution in [0.1, 0.15) is 65.7 Å². The summed E-state index contributed by atoms with van der Waals surface area (Å²) in [6.07, 6.45) is 8.17. The highest BCUT2D eigenvalue weighted by molar-refractivity contribution is 6.31. The zero-order valence-corrected chi connectivity index (χ0v) is 23.8. The molecule has 7 heteroatoms. The summed E-state index contributed by atoms with van der Waals surface area (Å²) in [5.74, 6) is 1.92. The van der Waals surface area contributed by atoms with Gasteiger partial charge in [-0.1, -0.05) is 30.5 Å². The zero-order chi connectivity index (χ0) is 26.8. The van der Waals surface area contributed by atoms with E-state index in [1.165, 1.54) is 25.7 Å². The smallest absolute Gasteiger partial charge is 0.255 e. The van der Waals surface area contributed by atoms with Crippen LogP contribution in [0.5, 0.6) is 0 Å². The van der Waals surface area contributed by atoms with E-state index in [-0.39, 0.29) is 11.8 Å². The van der Waals surface area contributed by atoms with Crippen molar-refractivity contribution in [1.82, 2.24) is 14.8 Å². The SMILES string of the molecule is Cc1ccc(N(CCCN2CC3CN(C(=O)c4c(C)ccnc4C)CC3C2)C(=O)CC2CCCC2)cc1Cl. The summed E-state index contributed by atoms with van der Waals surface area (Å²) in [5, 5.41) is 0.712. The first-order valence-corrected chi connectivity index (χ1v) is 14.7. The molecule has 1 aromatic carbocycles. The van der Waals surface area contributed by atoms with Crippen LogP contribution < -0.4 is 4.90 Å². The maximum absolute atomic E-state index is 13.4. The Kier molecular flexibility index (Phi) is 8.39. The number of hydrogen-bond donors (Lipinski definition) is 0. The van der Waals surface area contributed by atoms with E-state index in [0.29, 0.717) is 35.7 Å². The van der Waals surface area contributed by atoms with E-state index in [4.69, 9.17) is 11.6 Å². The van der Waals surface area contributed by atoms with Gasteiger partial charge in [-0.2, -0.15) is 0 Å². The van der Waals surface area contributed by atoms with Crippen LogP contribution in [0.4, 0.5) is 5.69 Å². The summed E-state index contributed by atoms with van der Waals surface area (Å²) in [6, 6.07) is 7.91. The minimum atomic E-state index is 0.127. The predicted octanol–water partition coefficient (Wildman–Crippen LogP) is 5.67. The minimum Gasteiger partial charge on any atom is -0.338 e. The normalized spacial score (nSPS) is 21.7. The molecule has 1 saturated carbocycles. The third-order valence-corrected chi connectivity index (χ3v) is 9.38. The second-order valence-electron chi connectivity index (χ2n) is 11.8. The maximum atomic E-state index is 13.4. The second kappa shape index (κ2) is 11.7. The molecule has 3 fully saturated rings. The molecule has 38 heavy (non-hydrogen) atoms. The molecule has 2 unspecified atom stereocenters. The molecule has 2 saturated heterocycles. The Balaban J connectivity index is 1.15. The quantitative estimate of drug-likeness (QED) is 0.436. The second-order valence-corrected chi connectivity index (χ2v) is 12.2. The fourth-order valence-corrected chi connectivity index (χ4v) is 6.96. The number of carbonyl (C=O) groups is 2. The number of anilines is 1. The van der Waals surface area contributed by atoms with Crippen LogP contribution in [0.3, 0.4) is 0 Å². The molecular formula is C31H41ClN4O2. The standard InChI is InChI=1S/C31H41ClN4O2/c1-21-9-10-27(16-28(21)32)36(29(37)15-24-7-4-5-8-24)14-6-13-34-17-25-19-35(20-26(25)18-34)31(38)30-22(2)11-12-33-23(30)3/h9-12,16,24-26H,4-8,13-15,17-20H2,1-3H3. The number of benzene rings is 1. The van der Waals surface area contributed by atoms with Gasteiger partial charge in [-0.25, -0.2) is 0 Å². The van der Waals surface area contributed by atoms with E-state index < -0.39 is 0 Å². The summed E-state index contributed by atoms with van der Waals surface area (Å²) in [5.41, 5.74) is 4.53. The fraction of sp³-hybridized carbons (Fsp3) is 0.581. The summed E-state index contributed by atoms with van der Waals surface area (Å²) in [7, 11) is 0. The van der Waals surface area contributed by atoms with Gasteiger partial charge in [-0.05, 0) is 93.7 Å². The van der Waals surface area contributed by atoms with Gasteiger partial charge in [-0.15, -0.1) is 0 Å². The van der Waals surface area contributed by atoms with Crippen LogP contribution in [0, 0.1) is 38.5 Å². The predicted molar refractivity (Wildman–Crippen MR) is 153 cm³/mol. The van der Waals surface area contributed by atoms with Gasteiger partial charge in [0.05, 0.1) is 11.3 Å². The van der Waals surface area contributed by atoms with Gasteiger partial charge in [-0.3, -0.25) is 14.6 Å². The lowest BCUT2D eigenvalue weighted by Gasteiger charge is -2.27. The summed E-state index contributed by atoms with van der Waals surface area (Å²) in [6.45, 7) is 11.3. The highest BCUT2D eigenvalue weighted by atomic mass is 35.5. The average molecular weight is 537 g/mol. The van der Waals surface area contributed by atoms with Gasteiger partial charge in [0.15, 0.2) is 0 Å². The first-order valence-electron chi connectivity index (χ1n) is 14.3. The van der Waals surface area contributed by atoms with Crippen LogP contribution in [0.25, 0.3) is 0 Å². The number of rotatable bonds is 8. The molecule has 0 spiro atoms. The molecule has 3 heterocycles. The molecule has 0 radical (unpaired) electrons. The first kappa shape index (κ1) is 27.1. The number of carbonyl (C=O) groups excluding carboxylic acids is 2. The molecule has 2 aliphatic heterocycles. The number of likely N-dealkylation sites (tertiary alicyclic amines) is 2. The molecule has 2 atom stereocenters. The lowest BCUT2D eigenvalue weighted by Crippen LogP contribution is -2.36. The van der Waals surface area contributed by atoms with Gasteiger partial charge in [0.25, 0.3) is 5.91 Å². The van der Waals surface area contributed by atoms with Crippen molar-refractivity contribution in [3.63, 3.8) is 0 Å². The van der Waals surface area contributed by atoms with Gasteiger partial charge in [0, 0.05) is 56.1 Å². The Morgan fingerprint density at radius 3 is 2.37 bits per heavy atom. The van der Waals surface area contributed by atoms with Crippen molar-refractivity contribution in [2.75, 3.05) is 44.2 Å². The van der Waals surface area contributed by atoms with Crippen molar-refractivity contribution in [1.29, 1.82) is 0 Å². The largest absolute Gasteiger partial charge is 0.338 e. The third-order valence-electron chi connectivity index (χ3n) is 8.97. The van der Waals surface area contributed by atoms with E-state index in [2.05, 4.69) is 9.88 Å². The molecule has 2 amide bonds. The van der Waals surface area contributed by atoms with Gasteiger partial charge >= 0.3 is 0 Å². The van der Waals surface area contributed by atoms with Crippen LogP contribution in [-0.4, -0.2) is 65.9 Å². The number of aryl methyl sites for hydroxylation is 3. The van der Waals surface area contributed by atoms with Crippen molar-refractivity contribution in [2.45, 2.75) is 59.3 Å². The van der Waals surface area contributed by atoms with Crippen molar-refractivity contribution in [2.24, 2.45) is 17.8 Å². The van der Waals surface area contributed by atoms with Crippen LogP contribution in [-0.2, 0) is 4.79 Å². The Labute approximate surface area is 232 Å². The van der Waals surface area contributed by atoms with Crippen LogP contribution >= 0.6 is 11.6 Å². The highest BCUT2D eigenvalue weighted by Gasteiger charge is 2.42. The van der Waals surface area contributed by atoms with Crippen LogP contribution in [0.2, 0.25) is 5.02 Å². The Hall–Kier alpha value is -2.44. The van der Waals surface area contributed by atoms with E-state index in [1.54, 1.807) is 6.20 Å². The number of aromatic nitrogens is 1. The Morgan fingerprint density at radius 1 is 1.00 bits per heavy atom. The molecule has 3 aliphatic rings. The van der Waals surface area contributed by atoms with Gasteiger partial charge < -0.3 is 14.7 Å². The molecule has 1 aromatic heterocycles. The Bertz CT molecular complexity index is 1140. The lowest BCUT2D eigenvalue weighted by atomic mass is 10.0.